The molecule has 9 heteroatoms. The van der Waals surface area contributed by atoms with E-state index < -0.39 is 16.1 Å². The van der Waals surface area contributed by atoms with Gasteiger partial charge in [0.25, 0.3) is 15.9 Å². The number of benzene rings is 3. The minimum atomic E-state index is -3.79. The van der Waals surface area contributed by atoms with Gasteiger partial charge in [0.05, 0.1) is 16.5 Å². The summed E-state index contributed by atoms with van der Waals surface area (Å²) < 4.78 is 39.0. The second-order valence-electron chi connectivity index (χ2n) is 7.02. The van der Waals surface area contributed by atoms with Gasteiger partial charge in [0, 0.05) is 11.4 Å². The van der Waals surface area contributed by atoms with Crippen LogP contribution in [0.25, 0.3) is 0 Å². The number of ether oxygens (including phenoxy) is 2. The molecule has 1 amide bonds. The van der Waals surface area contributed by atoms with Gasteiger partial charge in [-0.05, 0) is 74.0 Å². The summed E-state index contributed by atoms with van der Waals surface area (Å²) in [6, 6.07) is 19.4. The SMILES string of the molecule is CCOc1ccc(NS(=O)(=O)c2ccc(NC(=O)[C@@H](CC)Oc3ccccc3Cl)cc2)cc1. The van der Waals surface area contributed by atoms with Gasteiger partial charge < -0.3 is 14.8 Å². The molecular formula is C24H25ClN2O5S. The lowest BCUT2D eigenvalue weighted by Gasteiger charge is -2.18. The van der Waals surface area contributed by atoms with Crippen molar-refractivity contribution < 1.29 is 22.7 Å². The highest BCUT2D eigenvalue weighted by Crippen LogP contribution is 2.25. The molecule has 0 aliphatic carbocycles. The van der Waals surface area contributed by atoms with E-state index in [9.17, 15) is 13.2 Å². The Morgan fingerprint density at radius 1 is 0.939 bits per heavy atom. The van der Waals surface area contributed by atoms with E-state index in [0.717, 1.165) is 0 Å². The molecule has 0 aromatic heterocycles. The van der Waals surface area contributed by atoms with E-state index in [1.807, 2.05) is 13.8 Å². The lowest BCUT2D eigenvalue weighted by Crippen LogP contribution is -2.32. The highest BCUT2D eigenvalue weighted by atomic mass is 35.5. The third-order valence-corrected chi connectivity index (χ3v) is 6.33. The van der Waals surface area contributed by atoms with Crippen molar-refractivity contribution >= 4 is 38.9 Å². The van der Waals surface area contributed by atoms with Gasteiger partial charge in [-0.15, -0.1) is 0 Å². The summed E-state index contributed by atoms with van der Waals surface area (Å²) in [5.41, 5.74) is 0.861. The predicted molar refractivity (Wildman–Crippen MR) is 130 cm³/mol. The van der Waals surface area contributed by atoms with E-state index in [4.69, 9.17) is 21.1 Å². The Morgan fingerprint density at radius 3 is 2.18 bits per heavy atom. The molecular weight excluding hydrogens is 464 g/mol. The van der Waals surface area contributed by atoms with Crippen LogP contribution in [0, 0.1) is 0 Å². The number of hydrogen-bond acceptors (Lipinski definition) is 5. The number of halogens is 1. The molecule has 0 unspecified atom stereocenters. The normalized spacial score (nSPS) is 12.0. The van der Waals surface area contributed by atoms with Gasteiger partial charge >= 0.3 is 0 Å². The van der Waals surface area contributed by atoms with Crippen LogP contribution in [0.5, 0.6) is 11.5 Å². The Labute approximate surface area is 198 Å². The lowest BCUT2D eigenvalue weighted by molar-refractivity contribution is -0.122. The fourth-order valence-corrected chi connectivity index (χ4v) is 4.19. The Hall–Kier alpha value is -3.23. The molecule has 174 valence electrons. The first-order chi connectivity index (χ1) is 15.8. The van der Waals surface area contributed by atoms with Gasteiger partial charge in [0.15, 0.2) is 6.10 Å². The lowest BCUT2D eigenvalue weighted by atomic mass is 10.2. The Balaban J connectivity index is 1.64. The van der Waals surface area contributed by atoms with Crippen LogP contribution in [0.15, 0.2) is 77.7 Å². The van der Waals surface area contributed by atoms with Crippen LogP contribution in [0.3, 0.4) is 0 Å². The maximum Gasteiger partial charge on any atom is 0.265 e. The Bertz CT molecular complexity index is 1180. The standard InChI is InChI=1S/C24H25ClN2O5S/c1-3-22(32-23-8-6-5-7-21(23)25)24(28)26-17-11-15-20(16-12-17)33(29,30)27-18-9-13-19(14-10-18)31-4-2/h5-16,22,27H,3-4H2,1-2H3,(H,26,28)/t22-/m1/s1. The molecule has 0 spiro atoms. The van der Waals surface area contributed by atoms with Crippen molar-refractivity contribution in [1.29, 1.82) is 0 Å². The molecule has 0 aliphatic heterocycles. The topological polar surface area (TPSA) is 93.7 Å². The summed E-state index contributed by atoms with van der Waals surface area (Å²) in [5, 5.41) is 3.16. The van der Waals surface area contributed by atoms with Crippen molar-refractivity contribution in [3.8, 4) is 11.5 Å². The molecule has 0 aliphatic rings. The number of carbonyl (C=O) groups excluding carboxylic acids is 1. The summed E-state index contributed by atoms with van der Waals surface area (Å²) in [4.78, 5) is 12.7. The molecule has 7 nitrogen and oxygen atoms in total. The first-order valence-electron chi connectivity index (χ1n) is 10.4. The fourth-order valence-electron chi connectivity index (χ4n) is 2.96. The smallest absolute Gasteiger partial charge is 0.265 e. The highest BCUT2D eigenvalue weighted by molar-refractivity contribution is 7.92. The number of anilines is 2. The second-order valence-corrected chi connectivity index (χ2v) is 9.11. The third kappa shape index (κ3) is 6.63. The van der Waals surface area contributed by atoms with Gasteiger partial charge in [0.2, 0.25) is 0 Å². The number of para-hydroxylation sites is 1. The fraction of sp³-hybridized carbons (Fsp3) is 0.208. The summed E-state index contributed by atoms with van der Waals surface area (Å²) in [7, 11) is -3.79. The Morgan fingerprint density at radius 2 is 1.58 bits per heavy atom. The average molecular weight is 489 g/mol. The maximum atomic E-state index is 12.7. The van der Waals surface area contributed by atoms with Crippen molar-refractivity contribution in [2.24, 2.45) is 0 Å². The molecule has 0 fully saturated rings. The molecule has 1 atom stereocenters. The number of sulfonamides is 1. The average Bonchev–Trinajstić information content (AvgIpc) is 2.80. The molecule has 3 aromatic rings. The van der Waals surface area contributed by atoms with E-state index in [1.165, 1.54) is 24.3 Å². The molecule has 0 heterocycles. The van der Waals surface area contributed by atoms with Crippen molar-refractivity contribution in [2.45, 2.75) is 31.3 Å². The van der Waals surface area contributed by atoms with Gasteiger partial charge in [-0.3, -0.25) is 9.52 Å². The number of hydrogen-bond donors (Lipinski definition) is 2. The summed E-state index contributed by atoms with van der Waals surface area (Å²) in [6.45, 7) is 4.22. The summed E-state index contributed by atoms with van der Waals surface area (Å²) in [5.74, 6) is 0.716. The zero-order chi connectivity index (χ0) is 23.8. The zero-order valence-electron chi connectivity index (χ0n) is 18.2. The van der Waals surface area contributed by atoms with Crippen LogP contribution in [-0.2, 0) is 14.8 Å². The quantitative estimate of drug-likeness (QED) is 0.402. The Kier molecular flexibility index (Phi) is 8.19. The van der Waals surface area contributed by atoms with Crippen molar-refractivity contribution in [3.63, 3.8) is 0 Å². The van der Waals surface area contributed by atoms with Gasteiger partial charge in [-0.2, -0.15) is 0 Å². The minimum Gasteiger partial charge on any atom is -0.494 e. The van der Waals surface area contributed by atoms with Crippen molar-refractivity contribution in [2.75, 3.05) is 16.6 Å². The molecule has 3 aromatic carbocycles. The minimum absolute atomic E-state index is 0.0637. The van der Waals surface area contributed by atoms with Crippen LogP contribution >= 0.6 is 11.6 Å². The van der Waals surface area contributed by atoms with Crippen LogP contribution in [0.4, 0.5) is 11.4 Å². The first-order valence-corrected chi connectivity index (χ1v) is 12.3. The summed E-state index contributed by atoms with van der Waals surface area (Å²) in [6.07, 6.45) is -0.329. The first kappa shape index (κ1) is 24.4. The molecule has 0 saturated heterocycles. The van der Waals surface area contributed by atoms with Gasteiger partial charge in [-0.25, -0.2) is 8.42 Å². The second kappa shape index (κ2) is 11.1. The van der Waals surface area contributed by atoms with E-state index in [2.05, 4.69) is 10.0 Å². The predicted octanol–water partition coefficient (Wildman–Crippen LogP) is 5.34. The number of amides is 1. The number of nitrogens with one attached hydrogen (secondary N) is 2. The molecule has 0 bridgehead atoms. The van der Waals surface area contributed by atoms with Crippen LogP contribution in [0.2, 0.25) is 5.02 Å². The molecule has 33 heavy (non-hydrogen) atoms. The van der Waals surface area contributed by atoms with E-state index in [0.29, 0.717) is 40.9 Å². The van der Waals surface area contributed by atoms with Crippen LogP contribution in [-0.4, -0.2) is 27.0 Å². The molecule has 0 radical (unpaired) electrons. The van der Waals surface area contributed by atoms with E-state index in [1.54, 1.807) is 48.5 Å². The molecule has 3 rings (SSSR count). The monoisotopic (exact) mass is 488 g/mol. The van der Waals surface area contributed by atoms with E-state index in [-0.39, 0.29) is 10.8 Å². The number of rotatable bonds is 10. The molecule has 0 saturated carbocycles. The van der Waals surface area contributed by atoms with Gasteiger partial charge in [0.1, 0.15) is 11.5 Å². The van der Waals surface area contributed by atoms with Crippen molar-refractivity contribution in [3.05, 3.63) is 77.8 Å². The molecule has 2 N–H and O–H groups in total. The largest absolute Gasteiger partial charge is 0.494 e. The van der Waals surface area contributed by atoms with Crippen molar-refractivity contribution in [1.82, 2.24) is 0 Å². The van der Waals surface area contributed by atoms with E-state index >= 15 is 0 Å². The van der Waals surface area contributed by atoms with Crippen LogP contribution < -0.4 is 19.5 Å². The van der Waals surface area contributed by atoms with Gasteiger partial charge in [-0.1, -0.05) is 30.7 Å². The van der Waals surface area contributed by atoms with Crippen LogP contribution in [0.1, 0.15) is 20.3 Å². The maximum absolute atomic E-state index is 12.7. The highest BCUT2D eigenvalue weighted by Gasteiger charge is 2.20. The summed E-state index contributed by atoms with van der Waals surface area (Å²) >= 11 is 6.10. The zero-order valence-corrected chi connectivity index (χ0v) is 19.8. The third-order valence-electron chi connectivity index (χ3n) is 4.62. The number of carbonyl (C=O) groups is 1.